The highest BCUT2D eigenvalue weighted by molar-refractivity contribution is 9.10. The summed E-state index contributed by atoms with van der Waals surface area (Å²) in [6, 6.07) is 21.2. The van der Waals surface area contributed by atoms with Crippen LogP contribution in [0.2, 0.25) is 0 Å². The Morgan fingerprint density at radius 2 is 1.43 bits per heavy atom. The highest BCUT2D eigenvalue weighted by Gasteiger charge is 2.10. The zero-order valence-electron chi connectivity index (χ0n) is 16.7. The molecule has 2 N–H and O–H groups in total. The summed E-state index contributed by atoms with van der Waals surface area (Å²) in [5, 5.41) is 5.69. The van der Waals surface area contributed by atoms with Crippen LogP contribution in [0.4, 0.5) is 11.4 Å². The summed E-state index contributed by atoms with van der Waals surface area (Å²) in [4.78, 5) is 24.8. The van der Waals surface area contributed by atoms with Crippen molar-refractivity contribution in [1.82, 2.24) is 0 Å². The molecule has 0 bridgehead atoms. The number of nitrogens with one attached hydrogen (secondary N) is 2. The molecule has 5 nitrogen and oxygen atoms in total. The molecule has 0 saturated carbocycles. The first-order valence-corrected chi connectivity index (χ1v) is 10.6. The molecular formula is C24H23BrN2O3. The van der Waals surface area contributed by atoms with Crippen LogP contribution < -0.4 is 15.4 Å². The largest absolute Gasteiger partial charge is 0.492 e. The zero-order chi connectivity index (χ0) is 21.3. The molecule has 0 aliphatic carbocycles. The second-order valence-electron chi connectivity index (χ2n) is 6.70. The lowest BCUT2D eigenvalue weighted by Crippen LogP contribution is -2.13. The maximum absolute atomic E-state index is 12.5. The van der Waals surface area contributed by atoms with Gasteiger partial charge in [0, 0.05) is 22.5 Å². The molecule has 0 saturated heterocycles. The van der Waals surface area contributed by atoms with E-state index >= 15 is 0 Å². The fraction of sp³-hybridized carbons (Fsp3) is 0.167. The van der Waals surface area contributed by atoms with Crippen molar-refractivity contribution in [3.05, 3.63) is 88.4 Å². The minimum Gasteiger partial charge on any atom is -0.492 e. The van der Waals surface area contributed by atoms with Gasteiger partial charge in [0.05, 0.1) is 11.1 Å². The number of carbonyl (C=O) groups is 2. The standard InChI is InChI=1S/C24H23BrN2O3/c1-2-3-15-30-22-14-9-18(16-21(22)25)24(29)27-20-12-10-19(11-13-20)26-23(28)17-7-5-4-6-8-17/h4-14,16H,2-3,15H2,1H3,(H,26,28)(H,27,29). The third-order valence-corrected chi connectivity index (χ3v) is 5.01. The van der Waals surface area contributed by atoms with Gasteiger partial charge in [-0.1, -0.05) is 31.5 Å². The first kappa shape index (κ1) is 21.6. The molecule has 0 fully saturated rings. The van der Waals surface area contributed by atoms with Crippen molar-refractivity contribution in [1.29, 1.82) is 0 Å². The van der Waals surface area contributed by atoms with Gasteiger partial charge in [-0.15, -0.1) is 0 Å². The summed E-state index contributed by atoms with van der Waals surface area (Å²) >= 11 is 3.46. The molecule has 30 heavy (non-hydrogen) atoms. The Hall–Kier alpha value is -3.12. The molecule has 0 aromatic heterocycles. The Kier molecular flexibility index (Phi) is 7.63. The lowest BCUT2D eigenvalue weighted by Gasteiger charge is -2.10. The second-order valence-corrected chi connectivity index (χ2v) is 7.55. The lowest BCUT2D eigenvalue weighted by atomic mass is 10.2. The molecule has 0 spiro atoms. The summed E-state index contributed by atoms with van der Waals surface area (Å²) in [6.45, 7) is 2.75. The third-order valence-electron chi connectivity index (χ3n) is 4.39. The Morgan fingerprint density at radius 3 is 2.00 bits per heavy atom. The van der Waals surface area contributed by atoms with Crippen molar-refractivity contribution in [2.24, 2.45) is 0 Å². The molecule has 3 rings (SSSR count). The van der Waals surface area contributed by atoms with Crippen molar-refractivity contribution < 1.29 is 14.3 Å². The molecule has 3 aromatic rings. The number of carbonyl (C=O) groups excluding carboxylic acids is 2. The van der Waals surface area contributed by atoms with Gasteiger partial charge in [-0.05, 0) is 76.9 Å². The van der Waals surface area contributed by atoms with Crippen molar-refractivity contribution in [3.8, 4) is 5.75 Å². The van der Waals surface area contributed by atoms with Crippen LogP contribution >= 0.6 is 15.9 Å². The van der Waals surface area contributed by atoms with Crippen molar-refractivity contribution in [2.75, 3.05) is 17.2 Å². The summed E-state index contributed by atoms with van der Waals surface area (Å²) in [5.74, 6) is 0.314. The van der Waals surface area contributed by atoms with E-state index in [-0.39, 0.29) is 11.8 Å². The molecule has 0 aliphatic rings. The van der Waals surface area contributed by atoms with Crippen LogP contribution in [0.1, 0.15) is 40.5 Å². The number of rotatable bonds is 8. The normalized spacial score (nSPS) is 10.3. The van der Waals surface area contributed by atoms with Crippen LogP contribution in [-0.4, -0.2) is 18.4 Å². The van der Waals surface area contributed by atoms with E-state index in [1.807, 2.05) is 18.2 Å². The lowest BCUT2D eigenvalue weighted by molar-refractivity contribution is 0.101. The highest BCUT2D eigenvalue weighted by Crippen LogP contribution is 2.27. The zero-order valence-corrected chi connectivity index (χ0v) is 18.2. The first-order valence-electron chi connectivity index (χ1n) is 9.77. The van der Waals surface area contributed by atoms with Crippen molar-refractivity contribution in [2.45, 2.75) is 19.8 Å². The number of halogens is 1. The van der Waals surface area contributed by atoms with Gasteiger partial charge in [0.1, 0.15) is 5.75 Å². The number of benzene rings is 3. The molecule has 0 atom stereocenters. The number of ether oxygens (including phenoxy) is 1. The molecule has 0 radical (unpaired) electrons. The molecule has 0 aliphatic heterocycles. The predicted molar refractivity (Wildman–Crippen MR) is 123 cm³/mol. The van der Waals surface area contributed by atoms with E-state index in [0.29, 0.717) is 29.1 Å². The minimum absolute atomic E-state index is 0.182. The number of anilines is 2. The van der Waals surface area contributed by atoms with E-state index in [4.69, 9.17) is 4.74 Å². The second kappa shape index (κ2) is 10.6. The van der Waals surface area contributed by atoms with Gasteiger partial charge in [0.25, 0.3) is 11.8 Å². The predicted octanol–water partition coefficient (Wildman–Crippen LogP) is 6.13. The Labute approximate surface area is 184 Å². The molecule has 0 unspecified atom stereocenters. The summed E-state index contributed by atoms with van der Waals surface area (Å²) in [6.07, 6.45) is 2.04. The van der Waals surface area contributed by atoms with Crippen LogP contribution in [0.15, 0.2) is 77.3 Å². The van der Waals surface area contributed by atoms with Gasteiger partial charge >= 0.3 is 0 Å². The number of amides is 2. The van der Waals surface area contributed by atoms with Crippen LogP contribution in [0, 0.1) is 0 Å². The summed E-state index contributed by atoms with van der Waals surface area (Å²) in [5.41, 5.74) is 2.39. The summed E-state index contributed by atoms with van der Waals surface area (Å²) < 4.78 is 6.43. The fourth-order valence-electron chi connectivity index (χ4n) is 2.72. The van der Waals surface area contributed by atoms with E-state index in [0.717, 1.165) is 23.1 Å². The highest BCUT2D eigenvalue weighted by atomic mass is 79.9. The van der Waals surface area contributed by atoms with Crippen molar-refractivity contribution in [3.63, 3.8) is 0 Å². The number of hydrogen-bond donors (Lipinski definition) is 2. The van der Waals surface area contributed by atoms with E-state index in [1.54, 1.807) is 54.6 Å². The first-order chi connectivity index (χ1) is 14.6. The Bertz CT molecular complexity index is 1000. The molecule has 6 heteroatoms. The monoisotopic (exact) mass is 466 g/mol. The molecular weight excluding hydrogens is 444 g/mol. The average Bonchev–Trinajstić information content (AvgIpc) is 2.77. The number of unbranched alkanes of at least 4 members (excludes halogenated alkanes) is 1. The van der Waals surface area contributed by atoms with Gasteiger partial charge in [-0.25, -0.2) is 0 Å². The van der Waals surface area contributed by atoms with Crippen LogP contribution in [0.25, 0.3) is 0 Å². The van der Waals surface area contributed by atoms with Crippen molar-refractivity contribution >= 4 is 39.1 Å². The molecule has 2 amide bonds. The third kappa shape index (κ3) is 5.94. The van der Waals surface area contributed by atoms with Crippen LogP contribution in [0.3, 0.4) is 0 Å². The van der Waals surface area contributed by atoms with E-state index in [9.17, 15) is 9.59 Å². The smallest absolute Gasteiger partial charge is 0.255 e. The molecule has 154 valence electrons. The molecule has 0 heterocycles. The minimum atomic E-state index is -0.225. The Balaban J connectivity index is 1.59. The van der Waals surface area contributed by atoms with Crippen LogP contribution in [0.5, 0.6) is 5.75 Å². The van der Waals surface area contributed by atoms with Gasteiger partial charge in [-0.3, -0.25) is 9.59 Å². The number of hydrogen-bond acceptors (Lipinski definition) is 3. The van der Waals surface area contributed by atoms with Gasteiger partial charge in [0.15, 0.2) is 0 Å². The van der Waals surface area contributed by atoms with Gasteiger partial charge in [0.2, 0.25) is 0 Å². The van der Waals surface area contributed by atoms with Gasteiger partial charge < -0.3 is 15.4 Å². The quantitative estimate of drug-likeness (QED) is 0.392. The SMILES string of the molecule is CCCCOc1ccc(C(=O)Nc2ccc(NC(=O)c3ccccc3)cc2)cc1Br. The van der Waals surface area contributed by atoms with Gasteiger partial charge in [-0.2, -0.15) is 0 Å². The van der Waals surface area contributed by atoms with E-state index < -0.39 is 0 Å². The maximum atomic E-state index is 12.5. The summed E-state index contributed by atoms with van der Waals surface area (Å²) in [7, 11) is 0. The molecule has 3 aromatic carbocycles. The fourth-order valence-corrected chi connectivity index (χ4v) is 3.21. The Morgan fingerprint density at radius 1 is 0.833 bits per heavy atom. The van der Waals surface area contributed by atoms with E-state index in [1.165, 1.54) is 0 Å². The van der Waals surface area contributed by atoms with E-state index in [2.05, 4.69) is 33.5 Å². The average molecular weight is 467 g/mol. The van der Waals surface area contributed by atoms with Crippen LogP contribution in [-0.2, 0) is 0 Å². The maximum Gasteiger partial charge on any atom is 0.255 e. The topological polar surface area (TPSA) is 67.4 Å².